The summed E-state index contributed by atoms with van der Waals surface area (Å²) >= 11 is 0. The van der Waals surface area contributed by atoms with Gasteiger partial charge in [-0.25, -0.2) is 0 Å². The molecule has 1 aromatic rings. The Kier molecular flexibility index (Phi) is 6.82. The van der Waals surface area contributed by atoms with Crippen LogP contribution < -0.4 is 0 Å². The quantitative estimate of drug-likeness (QED) is 0.408. The summed E-state index contributed by atoms with van der Waals surface area (Å²) in [6.45, 7) is 4.32. The number of carbonyl (C=O) groups is 2. The fourth-order valence-electron chi connectivity index (χ4n) is 3.58. The molecule has 0 saturated heterocycles. The Balaban J connectivity index is 1.90. The summed E-state index contributed by atoms with van der Waals surface area (Å²) in [5.74, 6) is 0.913. The minimum Gasteiger partial charge on any atom is -0.466 e. The number of rotatable bonds is 7. The molecule has 1 fully saturated rings. The van der Waals surface area contributed by atoms with Gasteiger partial charge in [-0.15, -0.1) is 0 Å². The van der Waals surface area contributed by atoms with Gasteiger partial charge in [0.15, 0.2) is 5.78 Å². The molecule has 0 N–H and O–H groups in total. The van der Waals surface area contributed by atoms with Crippen LogP contribution in [-0.4, -0.2) is 18.4 Å². The van der Waals surface area contributed by atoms with Crippen molar-refractivity contribution < 1.29 is 14.3 Å². The number of esters is 1. The highest BCUT2D eigenvalue weighted by Crippen LogP contribution is 2.37. The molecule has 1 aliphatic rings. The molecule has 1 saturated carbocycles. The van der Waals surface area contributed by atoms with Gasteiger partial charge in [-0.3, -0.25) is 9.59 Å². The molecule has 0 spiro atoms. The molecule has 23 heavy (non-hydrogen) atoms. The van der Waals surface area contributed by atoms with E-state index in [1.165, 1.54) is 44.1 Å². The zero-order valence-corrected chi connectivity index (χ0v) is 14.3. The molecule has 2 rings (SSSR count). The van der Waals surface area contributed by atoms with Crippen LogP contribution in [-0.2, 0) is 9.53 Å². The van der Waals surface area contributed by atoms with Crippen LogP contribution in [0.5, 0.6) is 0 Å². The highest BCUT2D eigenvalue weighted by molar-refractivity contribution is 6.05. The summed E-state index contributed by atoms with van der Waals surface area (Å²) in [6, 6.07) is 7.83. The molecule has 3 nitrogen and oxygen atoms in total. The van der Waals surface area contributed by atoms with E-state index in [4.69, 9.17) is 4.74 Å². The summed E-state index contributed by atoms with van der Waals surface area (Å²) in [6.07, 6.45) is 7.61. The maximum atomic E-state index is 12.0. The van der Waals surface area contributed by atoms with Gasteiger partial charge < -0.3 is 4.74 Å². The molecule has 126 valence electrons. The number of ketones is 1. The second-order valence-corrected chi connectivity index (χ2v) is 6.53. The first kappa shape index (κ1) is 17.7. The highest BCUT2D eigenvalue weighted by Gasteiger charge is 2.22. The predicted molar refractivity (Wildman–Crippen MR) is 91.6 cm³/mol. The van der Waals surface area contributed by atoms with E-state index in [9.17, 15) is 9.59 Å². The third-order valence-corrected chi connectivity index (χ3v) is 4.86. The van der Waals surface area contributed by atoms with Gasteiger partial charge in [0.05, 0.1) is 6.61 Å². The number of carbonyl (C=O) groups excluding carboxylic acids is 2. The van der Waals surface area contributed by atoms with Crippen LogP contribution in [0.15, 0.2) is 24.3 Å². The molecule has 0 radical (unpaired) electrons. The number of benzene rings is 1. The molecular weight excluding hydrogens is 288 g/mol. The maximum absolute atomic E-state index is 12.0. The van der Waals surface area contributed by atoms with Crippen molar-refractivity contribution in [1.82, 2.24) is 0 Å². The van der Waals surface area contributed by atoms with Crippen LogP contribution >= 0.6 is 0 Å². The second kappa shape index (κ2) is 8.85. The average molecular weight is 316 g/mol. The summed E-state index contributed by atoms with van der Waals surface area (Å²) in [5, 5.41) is 0. The minimum atomic E-state index is -0.448. The van der Waals surface area contributed by atoms with Crippen molar-refractivity contribution in [2.45, 2.75) is 64.7 Å². The third kappa shape index (κ3) is 5.19. The lowest BCUT2D eigenvalue weighted by atomic mass is 9.77. The fraction of sp³-hybridized carbons (Fsp3) is 0.600. The monoisotopic (exact) mass is 316 g/mol. The van der Waals surface area contributed by atoms with Gasteiger partial charge in [0.2, 0.25) is 0 Å². The largest absolute Gasteiger partial charge is 0.466 e. The predicted octanol–water partition coefficient (Wildman–Crippen LogP) is 4.90. The van der Waals surface area contributed by atoms with Crippen molar-refractivity contribution in [1.29, 1.82) is 0 Å². The molecule has 0 aromatic heterocycles. The standard InChI is InChI=1S/C20H28O3/c1-3-5-15-6-8-16(9-7-15)17-10-12-18(13-11-17)19(21)14-20(22)23-4-2/h10-13,15-16H,3-9,14H2,1-2H3. The van der Waals surface area contributed by atoms with Crippen LogP contribution in [0.2, 0.25) is 0 Å². The van der Waals surface area contributed by atoms with Crippen molar-refractivity contribution in [3.05, 3.63) is 35.4 Å². The molecule has 0 amide bonds. The van der Waals surface area contributed by atoms with Crippen LogP contribution in [0.3, 0.4) is 0 Å². The Morgan fingerprint density at radius 2 is 1.70 bits per heavy atom. The van der Waals surface area contributed by atoms with Crippen LogP contribution in [0.1, 0.15) is 80.6 Å². The van der Waals surface area contributed by atoms with E-state index in [0.717, 1.165) is 5.92 Å². The first-order valence-corrected chi connectivity index (χ1v) is 8.92. The Morgan fingerprint density at radius 1 is 1.04 bits per heavy atom. The Labute approximate surface area is 139 Å². The minimum absolute atomic E-state index is 0.165. The number of hydrogen-bond acceptors (Lipinski definition) is 3. The van der Waals surface area contributed by atoms with Gasteiger partial charge in [0.1, 0.15) is 6.42 Å². The van der Waals surface area contributed by atoms with Crippen molar-refractivity contribution >= 4 is 11.8 Å². The van der Waals surface area contributed by atoms with E-state index in [-0.39, 0.29) is 12.2 Å². The van der Waals surface area contributed by atoms with E-state index >= 15 is 0 Å². The fourth-order valence-corrected chi connectivity index (χ4v) is 3.58. The Hall–Kier alpha value is -1.64. The normalized spacial score (nSPS) is 21.0. The average Bonchev–Trinajstić information content (AvgIpc) is 2.56. The lowest BCUT2D eigenvalue weighted by Gasteiger charge is -2.28. The molecular formula is C20H28O3. The van der Waals surface area contributed by atoms with Gasteiger partial charge in [0.25, 0.3) is 0 Å². The summed E-state index contributed by atoms with van der Waals surface area (Å²) < 4.78 is 4.82. The topological polar surface area (TPSA) is 43.4 Å². The molecule has 0 aliphatic heterocycles. The van der Waals surface area contributed by atoms with Gasteiger partial charge >= 0.3 is 5.97 Å². The van der Waals surface area contributed by atoms with Gasteiger partial charge in [-0.2, -0.15) is 0 Å². The lowest BCUT2D eigenvalue weighted by Crippen LogP contribution is -2.14. The van der Waals surface area contributed by atoms with Crippen molar-refractivity contribution in [2.24, 2.45) is 5.92 Å². The third-order valence-electron chi connectivity index (χ3n) is 4.86. The van der Waals surface area contributed by atoms with E-state index in [1.807, 2.05) is 12.1 Å². The van der Waals surface area contributed by atoms with Gasteiger partial charge in [-0.05, 0) is 50.0 Å². The van der Waals surface area contributed by atoms with E-state index in [1.54, 1.807) is 6.92 Å². The summed E-state index contributed by atoms with van der Waals surface area (Å²) in [4.78, 5) is 23.4. The second-order valence-electron chi connectivity index (χ2n) is 6.53. The number of hydrogen-bond donors (Lipinski definition) is 0. The van der Waals surface area contributed by atoms with Gasteiger partial charge in [0, 0.05) is 5.56 Å². The molecule has 1 aromatic carbocycles. The van der Waals surface area contributed by atoms with Crippen molar-refractivity contribution in [3.63, 3.8) is 0 Å². The first-order valence-electron chi connectivity index (χ1n) is 8.92. The van der Waals surface area contributed by atoms with Crippen molar-refractivity contribution in [2.75, 3.05) is 6.61 Å². The van der Waals surface area contributed by atoms with E-state index in [0.29, 0.717) is 18.1 Å². The van der Waals surface area contributed by atoms with E-state index < -0.39 is 5.97 Å². The van der Waals surface area contributed by atoms with Crippen LogP contribution in [0.4, 0.5) is 0 Å². The molecule has 0 atom stereocenters. The number of Topliss-reactive ketones (excluding diaryl/α,β-unsaturated/α-hetero) is 1. The molecule has 0 bridgehead atoms. The SMILES string of the molecule is CCCC1CCC(c2ccc(C(=O)CC(=O)OCC)cc2)CC1. The first-order chi connectivity index (χ1) is 11.1. The molecule has 0 heterocycles. The molecule has 3 heteroatoms. The molecule has 0 unspecified atom stereocenters. The lowest BCUT2D eigenvalue weighted by molar-refractivity contribution is -0.141. The van der Waals surface area contributed by atoms with Crippen molar-refractivity contribution in [3.8, 4) is 0 Å². The van der Waals surface area contributed by atoms with E-state index in [2.05, 4.69) is 19.1 Å². The summed E-state index contributed by atoms with van der Waals surface area (Å²) in [7, 11) is 0. The van der Waals surface area contributed by atoms with Crippen LogP contribution in [0, 0.1) is 5.92 Å². The number of ether oxygens (including phenoxy) is 1. The zero-order valence-electron chi connectivity index (χ0n) is 14.3. The summed E-state index contributed by atoms with van der Waals surface area (Å²) in [5.41, 5.74) is 1.93. The zero-order chi connectivity index (χ0) is 16.7. The maximum Gasteiger partial charge on any atom is 0.313 e. The van der Waals surface area contributed by atoms with Gasteiger partial charge in [-0.1, -0.05) is 44.0 Å². The highest BCUT2D eigenvalue weighted by atomic mass is 16.5. The van der Waals surface area contributed by atoms with Crippen LogP contribution in [0.25, 0.3) is 0 Å². The molecule has 1 aliphatic carbocycles. The Morgan fingerprint density at radius 3 is 2.26 bits per heavy atom. The Bertz CT molecular complexity index is 510. The smallest absolute Gasteiger partial charge is 0.313 e.